The van der Waals surface area contributed by atoms with E-state index in [4.69, 9.17) is 4.52 Å². The molecular weight excluding hydrogens is 334 g/mol. The number of hydrogen-bond acceptors (Lipinski definition) is 6. The average Bonchev–Trinajstić information content (AvgIpc) is 3.30. The van der Waals surface area contributed by atoms with Gasteiger partial charge in [0.15, 0.2) is 5.16 Å². The van der Waals surface area contributed by atoms with Gasteiger partial charge in [-0.25, -0.2) is 0 Å². The Morgan fingerprint density at radius 3 is 2.68 bits per heavy atom. The number of hydrogen-bond donors (Lipinski definition) is 0. The molecule has 25 heavy (non-hydrogen) atoms. The Kier molecular flexibility index (Phi) is 4.30. The predicted molar refractivity (Wildman–Crippen MR) is 95.4 cm³/mol. The fourth-order valence-electron chi connectivity index (χ4n) is 2.47. The minimum absolute atomic E-state index is 0.532. The Labute approximate surface area is 148 Å². The third kappa shape index (κ3) is 3.32. The molecule has 7 heteroatoms. The molecule has 0 aliphatic carbocycles. The minimum Gasteiger partial charge on any atom is -0.338 e. The molecule has 0 bridgehead atoms. The molecular formula is C18H15N5OS. The summed E-state index contributed by atoms with van der Waals surface area (Å²) in [4.78, 5) is 4.44. The van der Waals surface area contributed by atoms with Gasteiger partial charge in [-0.15, -0.1) is 10.2 Å². The summed E-state index contributed by atoms with van der Waals surface area (Å²) in [5.41, 5.74) is 3.16. The van der Waals surface area contributed by atoms with Crippen LogP contribution < -0.4 is 0 Å². The van der Waals surface area contributed by atoms with Crippen LogP contribution in [0.25, 0.3) is 17.1 Å². The number of thioether (sulfide) groups is 1. The van der Waals surface area contributed by atoms with E-state index < -0.39 is 0 Å². The van der Waals surface area contributed by atoms with Gasteiger partial charge in [0.05, 0.1) is 11.4 Å². The number of aromatic nitrogens is 5. The third-order valence-electron chi connectivity index (χ3n) is 3.72. The Balaban J connectivity index is 1.51. The minimum atomic E-state index is 0.532. The average molecular weight is 349 g/mol. The quantitative estimate of drug-likeness (QED) is 0.509. The molecule has 2 aromatic carbocycles. The van der Waals surface area contributed by atoms with Crippen LogP contribution in [0.5, 0.6) is 0 Å². The lowest BCUT2D eigenvalue weighted by molar-refractivity contribution is 0.391. The van der Waals surface area contributed by atoms with Gasteiger partial charge in [-0.05, 0) is 18.6 Å². The summed E-state index contributed by atoms with van der Waals surface area (Å²) in [7, 11) is 0. The molecule has 0 saturated carbocycles. The third-order valence-corrected chi connectivity index (χ3v) is 4.64. The maximum Gasteiger partial charge on any atom is 0.237 e. The van der Waals surface area contributed by atoms with Crippen molar-refractivity contribution < 1.29 is 4.52 Å². The lowest BCUT2D eigenvalue weighted by Gasteiger charge is -2.08. The number of aryl methyl sites for hydroxylation is 1. The van der Waals surface area contributed by atoms with Crippen LogP contribution in [0.1, 0.15) is 11.5 Å². The first-order valence-electron chi connectivity index (χ1n) is 7.78. The molecule has 2 heterocycles. The largest absolute Gasteiger partial charge is 0.338 e. The standard InChI is InChI=1S/C18H15N5OS/c1-13-7-5-6-10-15(13)23-12-19-21-18(23)25-11-16-20-17(22-24-16)14-8-3-2-4-9-14/h2-10,12H,11H2,1H3. The van der Waals surface area contributed by atoms with Crippen LogP contribution in [0, 0.1) is 6.92 Å². The van der Waals surface area contributed by atoms with Crippen LogP contribution in [0.2, 0.25) is 0 Å². The first-order valence-corrected chi connectivity index (χ1v) is 8.76. The van der Waals surface area contributed by atoms with Crippen molar-refractivity contribution in [2.45, 2.75) is 17.8 Å². The van der Waals surface area contributed by atoms with Crippen LogP contribution >= 0.6 is 11.8 Å². The zero-order valence-corrected chi connectivity index (χ0v) is 14.3. The smallest absolute Gasteiger partial charge is 0.237 e. The Morgan fingerprint density at radius 1 is 1.04 bits per heavy atom. The van der Waals surface area contributed by atoms with Gasteiger partial charge in [0.1, 0.15) is 6.33 Å². The van der Waals surface area contributed by atoms with Gasteiger partial charge in [-0.1, -0.05) is 65.4 Å². The molecule has 0 aliphatic rings. The fourth-order valence-corrected chi connectivity index (χ4v) is 3.23. The van der Waals surface area contributed by atoms with Gasteiger partial charge in [0.25, 0.3) is 0 Å². The molecule has 4 aromatic rings. The Hall–Kier alpha value is -2.93. The van der Waals surface area contributed by atoms with Crippen LogP contribution in [-0.4, -0.2) is 24.9 Å². The molecule has 4 rings (SSSR count). The lowest BCUT2D eigenvalue weighted by atomic mass is 10.2. The second-order valence-corrected chi connectivity index (χ2v) is 6.38. The number of rotatable bonds is 5. The molecule has 124 valence electrons. The molecule has 0 amide bonds. The fraction of sp³-hybridized carbons (Fsp3) is 0.111. The van der Waals surface area contributed by atoms with E-state index >= 15 is 0 Å². The van der Waals surface area contributed by atoms with Crippen molar-refractivity contribution >= 4 is 11.8 Å². The summed E-state index contributed by atoms with van der Waals surface area (Å²) >= 11 is 1.51. The van der Waals surface area contributed by atoms with E-state index in [1.54, 1.807) is 6.33 Å². The number of benzene rings is 2. The highest BCUT2D eigenvalue weighted by Crippen LogP contribution is 2.25. The summed E-state index contributed by atoms with van der Waals surface area (Å²) in [6, 6.07) is 17.9. The molecule has 2 aromatic heterocycles. The SMILES string of the molecule is Cc1ccccc1-n1cnnc1SCc1nc(-c2ccccc2)no1. The maximum absolute atomic E-state index is 5.35. The van der Waals surface area contributed by atoms with Crippen molar-refractivity contribution in [2.75, 3.05) is 0 Å². The van der Waals surface area contributed by atoms with Gasteiger partial charge in [-0.2, -0.15) is 4.98 Å². The second-order valence-electron chi connectivity index (χ2n) is 5.44. The molecule has 0 fully saturated rings. The highest BCUT2D eigenvalue weighted by molar-refractivity contribution is 7.98. The molecule has 0 saturated heterocycles. The summed E-state index contributed by atoms with van der Waals surface area (Å²) in [5, 5.41) is 13.1. The van der Waals surface area contributed by atoms with E-state index in [-0.39, 0.29) is 0 Å². The lowest BCUT2D eigenvalue weighted by Crippen LogP contribution is -1.97. The van der Waals surface area contributed by atoms with E-state index in [1.807, 2.05) is 53.1 Å². The van der Waals surface area contributed by atoms with E-state index in [0.29, 0.717) is 17.5 Å². The van der Waals surface area contributed by atoms with E-state index in [1.165, 1.54) is 11.8 Å². The topological polar surface area (TPSA) is 69.6 Å². The van der Waals surface area contributed by atoms with Crippen molar-refractivity contribution in [1.82, 2.24) is 24.9 Å². The van der Waals surface area contributed by atoms with E-state index in [2.05, 4.69) is 33.3 Å². The summed E-state index contributed by atoms with van der Waals surface area (Å²) < 4.78 is 7.31. The van der Waals surface area contributed by atoms with Gasteiger partial charge in [0.2, 0.25) is 11.7 Å². The zero-order chi connectivity index (χ0) is 17.1. The van der Waals surface area contributed by atoms with Crippen LogP contribution in [0.4, 0.5) is 0 Å². The normalized spacial score (nSPS) is 10.9. The van der Waals surface area contributed by atoms with Crippen molar-refractivity contribution in [3.8, 4) is 17.1 Å². The number of para-hydroxylation sites is 1. The van der Waals surface area contributed by atoms with Crippen molar-refractivity contribution in [1.29, 1.82) is 0 Å². The summed E-state index contributed by atoms with van der Waals surface area (Å²) in [6.45, 7) is 2.06. The van der Waals surface area contributed by atoms with Gasteiger partial charge in [-0.3, -0.25) is 4.57 Å². The monoisotopic (exact) mass is 349 g/mol. The Bertz CT molecular complexity index is 980. The van der Waals surface area contributed by atoms with E-state index in [0.717, 1.165) is 22.0 Å². The van der Waals surface area contributed by atoms with Gasteiger partial charge < -0.3 is 4.52 Å². The molecule has 0 unspecified atom stereocenters. The van der Waals surface area contributed by atoms with E-state index in [9.17, 15) is 0 Å². The molecule has 0 spiro atoms. The predicted octanol–water partition coefficient (Wildman–Crippen LogP) is 3.92. The zero-order valence-electron chi connectivity index (χ0n) is 13.5. The molecule has 0 radical (unpaired) electrons. The van der Waals surface area contributed by atoms with Crippen LogP contribution in [-0.2, 0) is 5.75 Å². The number of nitrogens with zero attached hydrogens (tertiary/aromatic N) is 5. The highest BCUT2D eigenvalue weighted by atomic mass is 32.2. The summed E-state index contributed by atoms with van der Waals surface area (Å²) in [5.74, 6) is 1.68. The van der Waals surface area contributed by atoms with Gasteiger partial charge in [0, 0.05) is 5.56 Å². The highest BCUT2D eigenvalue weighted by Gasteiger charge is 2.13. The van der Waals surface area contributed by atoms with Gasteiger partial charge >= 0.3 is 0 Å². The molecule has 0 N–H and O–H groups in total. The second kappa shape index (κ2) is 6.90. The Morgan fingerprint density at radius 2 is 1.84 bits per heavy atom. The first-order chi connectivity index (χ1) is 12.3. The van der Waals surface area contributed by atoms with Crippen molar-refractivity contribution in [2.24, 2.45) is 0 Å². The van der Waals surface area contributed by atoms with Crippen molar-refractivity contribution in [3.05, 3.63) is 72.4 Å². The van der Waals surface area contributed by atoms with Crippen LogP contribution in [0.3, 0.4) is 0 Å². The van der Waals surface area contributed by atoms with Crippen LogP contribution in [0.15, 0.2) is 70.6 Å². The maximum atomic E-state index is 5.35. The molecule has 6 nitrogen and oxygen atoms in total. The summed E-state index contributed by atoms with van der Waals surface area (Å²) in [6.07, 6.45) is 1.72. The first kappa shape index (κ1) is 15.6. The molecule has 0 aliphatic heterocycles. The van der Waals surface area contributed by atoms with Crippen molar-refractivity contribution in [3.63, 3.8) is 0 Å². The molecule has 0 atom stereocenters.